The number of Topliss-reactive ketones (excluding diaryl/α,β-unsaturated/α-hetero) is 5. The quantitative estimate of drug-likeness (QED) is 0.0651. The summed E-state index contributed by atoms with van der Waals surface area (Å²) in [5, 5.41) is 8.75. The van der Waals surface area contributed by atoms with Gasteiger partial charge in [0.2, 0.25) is 35.3 Å². The second-order valence-corrected chi connectivity index (χ2v) is 20.4. The number of unbranched alkanes of at least 4 members (excludes halogenated alkanes) is 1. The van der Waals surface area contributed by atoms with Crippen LogP contribution in [0.3, 0.4) is 0 Å². The Hall–Kier alpha value is -6.07. The molecule has 0 bridgehead atoms. The highest BCUT2D eigenvalue weighted by atomic mass is 16.2. The molecule has 1 aromatic carbocycles. The number of fused-ring (bicyclic) bond motifs is 1. The van der Waals surface area contributed by atoms with Gasteiger partial charge in [-0.15, -0.1) is 0 Å². The molecule has 6 N–H and O–H groups in total. The number of nitrogens with zero attached hydrogens (tertiary/aromatic N) is 2. The van der Waals surface area contributed by atoms with E-state index in [1.165, 1.54) is 18.9 Å². The van der Waals surface area contributed by atoms with Crippen LogP contribution in [0.2, 0.25) is 0 Å². The van der Waals surface area contributed by atoms with Crippen LogP contribution in [0.5, 0.6) is 0 Å². The molecule has 4 rings (SSSR count). The Bertz CT molecular complexity index is 2290. The second kappa shape index (κ2) is 28.2. The van der Waals surface area contributed by atoms with Crippen LogP contribution in [0, 0.1) is 29.6 Å². The Morgan fingerprint density at radius 2 is 1.42 bits per heavy atom. The Kier molecular flexibility index (Phi) is 22.9. The minimum atomic E-state index is -1.28. The number of H-pyrrole nitrogens is 1. The number of primary amides is 1. The zero-order valence-electron chi connectivity index (χ0n) is 43.5. The third-order valence-electron chi connectivity index (χ3n) is 14.5. The molecule has 396 valence electrons. The van der Waals surface area contributed by atoms with Crippen LogP contribution in [-0.4, -0.2) is 123 Å². The Morgan fingerprint density at radius 1 is 0.764 bits per heavy atom. The predicted molar refractivity (Wildman–Crippen MR) is 271 cm³/mol. The first-order valence-corrected chi connectivity index (χ1v) is 26.1. The van der Waals surface area contributed by atoms with Crippen molar-refractivity contribution in [2.45, 2.75) is 175 Å². The van der Waals surface area contributed by atoms with Crippen molar-refractivity contribution in [1.82, 2.24) is 30.7 Å². The number of carbonyl (C=O) groups excluding carboxylic acids is 11. The minimum absolute atomic E-state index is 0.00929. The Labute approximate surface area is 423 Å². The predicted octanol–water partition coefficient (Wildman–Crippen LogP) is 4.62. The smallest absolute Gasteiger partial charge is 0.287 e. The normalized spacial score (nSPS) is 18.2. The number of carbonyl (C=O) groups is 11. The number of aromatic amines is 1. The van der Waals surface area contributed by atoms with Crippen LogP contribution in [-0.2, 0) is 59.2 Å². The van der Waals surface area contributed by atoms with E-state index in [4.69, 9.17) is 5.73 Å². The first kappa shape index (κ1) is 58.5. The minimum Gasteiger partial charge on any atom is -0.369 e. The molecule has 2 aromatic rings. The topological polar surface area (TPSA) is 272 Å². The van der Waals surface area contributed by atoms with Crippen LogP contribution < -0.4 is 21.7 Å². The van der Waals surface area contributed by atoms with Crippen LogP contribution >= 0.6 is 0 Å². The largest absolute Gasteiger partial charge is 0.369 e. The van der Waals surface area contributed by atoms with Crippen molar-refractivity contribution in [2.24, 2.45) is 35.3 Å². The van der Waals surface area contributed by atoms with Gasteiger partial charge >= 0.3 is 0 Å². The maximum absolute atomic E-state index is 14.5. The molecule has 2 aliphatic heterocycles. The number of hydrogen-bond donors (Lipinski definition) is 5. The molecule has 1 aromatic heterocycles. The van der Waals surface area contributed by atoms with E-state index in [0.29, 0.717) is 64.5 Å². The lowest BCUT2D eigenvalue weighted by atomic mass is 9.84. The number of aromatic nitrogens is 1. The summed E-state index contributed by atoms with van der Waals surface area (Å²) in [6.07, 6.45) is 4.66. The summed E-state index contributed by atoms with van der Waals surface area (Å²) in [6, 6.07) is 3.90. The lowest BCUT2D eigenvalue weighted by Crippen LogP contribution is -2.50. The third kappa shape index (κ3) is 16.5. The number of benzene rings is 1. The van der Waals surface area contributed by atoms with E-state index in [1.54, 1.807) is 4.90 Å². The zero-order valence-corrected chi connectivity index (χ0v) is 43.5. The van der Waals surface area contributed by atoms with Gasteiger partial charge in [-0.2, -0.15) is 0 Å². The molecule has 0 spiro atoms. The molecule has 18 nitrogen and oxygen atoms in total. The molecular weight excluding hydrogens is 923 g/mol. The van der Waals surface area contributed by atoms with Crippen molar-refractivity contribution in [3.05, 3.63) is 36.0 Å². The fourth-order valence-corrected chi connectivity index (χ4v) is 10.2. The van der Waals surface area contributed by atoms with Gasteiger partial charge in [-0.25, -0.2) is 0 Å². The number of likely N-dealkylation sites (tertiary alicyclic amines) is 2. The maximum Gasteiger partial charge on any atom is 0.287 e. The summed E-state index contributed by atoms with van der Waals surface area (Å²) in [6.45, 7) is 11.6. The molecule has 6 amide bonds. The summed E-state index contributed by atoms with van der Waals surface area (Å²) < 4.78 is 0. The van der Waals surface area contributed by atoms with Crippen molar-refractivity contribution >= 4 is 75.3 Å². The molecule has 0 radical (unpaired) electrons. The van der Waals surface area contributed by atoms with Crippen molar-refractivity contribution in [2.75, 3.05) is 20.1 Å². The number of para-hydroxylation sites is 1. The van der Waals surface area contributed by atoms with Gasteiger partial charge in [-0.3, -0.25) is 52.7 Å². The standard InChI is InChI=1S/C54H79N7O11/c1-8-10-15-35(28-46(65)41(20-21-45(64)53(71)56-7)58-49(68)23-22-44(63)42-18-13-24-60(42)34(6)62)52(70)59-50(33(5)9-2)48(67)30-37(26-32(3)4)54(72)61-25-14-19-43(61)47(66)29-36(51(55)69)27-38-31-57-40-17-12-11-16-39(38)40/h11-12,16-17,31-33,35-37,41-43,50,57H,8-10,13-15,18-30H2,1-7H3,(H2,55,69)(H,56,71)(H,58,68)(H,59,70)/t33?,35-,36-,37-,41+,42+,43+,50+/m1/s1. The molecule has 0 aliphatic carbocycles. The summed E-state index contributed by atoms with van der Waals surface area (Å²) in [5.41, 5.74) is 7.60. The highest BCUT2D eigenvalue weighted by Crippen LogP contribution is 2.30. The number of rotatable bonds is 31. The van der Waals surface area contributed by atoms with Gasteiger partial charge in [-0.1, -0.05) is 72.1 Å². The lowest BCUT2D eigenvalue weighted by Gasteiger charge is -2.31. The van der Waals surface area contributed by atoms with Crippen molar-refractivity contribution < 1.29 is 52.7 Å². The summed E-state index contributed by atoms with van der Waals surface area (Å²) >= 11 is 0. The van der Waals surface area contributed by atoms with Crippen LogP contribution in [0.1, 0.15) is 150 Å². The average molecular weight is 1000 g/mol. The molecule has 3 heterocycles. The molecule has 0 saturated carbocycles. The molecule has 8 atom stereocenters. The van der Waals surface area contributed by atoms with E-state index in [2.05, 4.69) is 20.9 Å². The van der Waals surface area contributed by atoms with E-state index >= 15 is 0 Å². The number of amides is 6. The number of nitrogens with two attached hydrogens (primary N) is 1. The highest BCUT2D eigenvalue weighted by Gasteiger charge is 2.41. The van der Waals surface area contributed by atoms with Gasteiger partial charge in [0, 0.05) is 100 Å². The van der Waals surface area contributed by atoms with Gasteiger partial charge in [0.05, 0.1) is 24.2 Å². The fourth-order valence-electron chi connectivity index (χ4n) is 10.2. The van der Waals surface area contributed by atoms with E-state index in [1.807, 2.05) is 65.1 Å². The van der Waals surface area contributed by atoms with Gasteiger partial charge in [0.1, 0.15) is 0 Å². The van der Waals surface area contributed by atoms with Crippen LogP contribution in [0.25, 0.3) is 10.9 Å². The van der Waals surface area contributed by atoms with Gasteiger partial charge in [0.25, 0.3) is 5.91 Å². The molecular formula is C54H79N7O11. The molecule has 2 aliphatic rings. The SMILES string of the molecule is CCCC[C@H](CC(=O)[C@H](CCC(=O)C(=O)NC)NC(=O)CCC(=O)[C@@H]1CCCN1C(C)=O)C(=O)N[C@H](C(=O)C[C@@H](CC(C)C)C(=O)N1CCC[C@H]1C(=O)C[C@@H](Cc1c[nH]c2ccccc12)C(N)=O)C(C)CC. The van der Waals surface area contributed by atoms with Crippen LogP contribution in [0.15, 0.2) is 30.5 Å². The Morgan fingerprint density at radius 3 is 2.04 bits per heavy atom. The van der Waals surface area contributed by atoms with E-state index in [-0.39, 0.29) is 98.8 Å². The van der Waals surface area contributed by atoms with Gasteiger partial charge in [-0.05, 0) is 74.8 Å². The van der Waals surface area contributed by atoms with E-state index < -0.39 is 77.1 Å². The van der Waals surface area contributed by atoms with Crippen LogP contribution in [0.4, 0.5) is 0 Å². The third-order valence-corrected chi connectivity index (χ3v) is 14.5. The monoisotopic (exact) mass is 1000 g/mol. The summed E-state index contributed by atoms with van der Waals surface area (Å²) in [4.78, 5) is 154. The lowest BCUT2D eigenvalue weighted by molar-refractivity contribution is -0.144. The number of hydrogen-bond acceptors (Lipinski definition) is 11. The van der Waals surface area contributed by atoms with Crippen molar-refractivity contribution in [1.29, 1.82) is 0 Å². The molecule has 18 heteroatoms. The molecule has 2 fully saturated rings. The molecule has 1 unspecified atom stereocenters. The van der Waals surface area contributed by atoms with E-state index in [9.17, 15) is 52.7 Å². The number of likely N-dealkylation sites (N-methyl/N-ethyl adjacent to an activating group) is 1. The average Bonchev–Trinajstić information content (AvgIpc) is 4.15. The first-order valence-electron chi connectivity index (χ1n) is 26.1. The van der Waals surface area contributed by atoms with Gasteiger partial charge in [0.15, 0.2) is 23.1 Å². The first-order chi connectivity index (χ1) is 34.2. The van der Waals surface area contributed by atoms with Crippen molar-refractivity contribution in [3.8, 4) is 0 Å². The Balaban J connectivity index is 1.48. The fraction of sp³-hybridized carbons (Fsp3) is 0.648. The maximum atomic E-state index is 14.5. The number of ketones is 5. The molecule has 2 saturated heterocycles. The van der Waals surface area contributed by atoms with E-state index in [0.717, 1.165) is 16.5 Å². The second-order valence-electron chi connectivity index (χ2n) is 20.4. The highest BCUT2D eigenvalue weighted by molar-refractivity contribution is 6.36. The van der Waals surface area contributed by atoms with Crippen molar-refractivity contribution in [3.63, 3.8) is 0 Å². The zero-order chi connectivity index (χ0) is 53.2. The number of nitrogens with one attached hydrogen (secondary N) is 4. The summed E-state index contributed by atoms with van der Waals surface area (Å²) in [5.74, 6) is -8.52. The van der Waals surface area contributed by atoms with Gasteiger partial charge < -0.3 is 36.5 Å². The summed E-state index contributed by atoms with van der Waals surface area (Å²) in [7, 11) is 1.29. The molecule has 72 heavy (non-hydrogen) atoms.